The van der Waals surface area contributed by atoms with Gasteiger partial charge in [-0.1, -0.05) is 58.0 Å². The van der Waals surface area contributed by atoms with Gasteiger partial charge in [0.15, 0.2) is 11.6 Å². The van der Waals surface area contributed by atoms with Gasteiger partial charge in [0.25, 0.3) is 5.91 Å². The van der Waals surface area contributed by atoms with Crippen molar-refractivity contribution >= 4 is 41.2 Å². The van der Waals surface area contributed by atoms with Crippen molar-refractivity contribution in [2.24, 2.45) is 5.41 Å². The molecule has 5 amide bonds. The van der Waals surface area contributed by atoms with Gasteiger partial charge in [0, 0.05) is 51.3 Å². The van der Waals surface area contributed by atoms with E-state index in [4.69, 9.17) is 25.3 Å². The number of nitriles is 1. The van der Waals surface area contributed by atoms with Crippen LogP contribution >= 0.6 is 0 Å². The highest BCUT2D eigenvalue weighted by Gasteiger charge is 2.45. The zero-order chi connectivity index (χ0) is 54.7. The fraction of sp³-hybridized carbons (Fsp3) is 0.537. The standard InChI is InChI=1S/C54H73FN14O7/c1-8-39(34-13-10-9-11-14-34)63-51(72)43-28-36(31-68(43)53(74)47(54(3,4)5)64-50(71)33(2)58-6)59-20-24-76-26-25-75-23-18-45(70)60-19-22-69-44(29-56)46-40-30-61-48(57)49(62-40)67-21-12-15-42(67)38-27-35(55)16-17-37(38)52(73)66(7)32-41(46)65-69/h9-11,13-14,16-17,27,30,33,36,39,42-43,47,58-59H,8,12,15,18-26,28,31-32H2,1-7H3,(H2,57,61)(H,60,70)(H,63,72)(H,64,71)/t33-,36-,39+,42-,43-,47?/m1/s1. The number of benzene rings is 2. The molecular weight excluding hydrogens is 976 g/mol. The van der Waals surface area contributed by atoms with E-state index in [0.29, 0.717) is 72.9 Å². The number of fused-ring (bicyclic) bond motifs is 8. The predicted octanol–water partition coefficient (Wildman–Crippen LogP) is 3.37. The van der Waals surface area contributed by atoms with Crippen molar-refractivity contribution in [3.63, 3.8) is 0 Å². The van der Waals surface area contributed by atoms with Crippen molar-refractivity contribution in [2.75, 3.05) is 77.3 Å². The molecule has 7 rings (SSSR count). The number of nitrogen functional groups attached to an aromatic ring is 1. The molecule has 2 fully saturated rings. The number of aromatic nitrogens is 4. The number of likely N-dealkylation sites (N-methyl/N-ethyl adjacent to an activating group) is 1. The maximum Gasteiger partial charge on any atom is 0.254 e. The number of nitrogens with zero attached hydrogens (tertiary/aromatic N) is 8. The number of hydrogen-bond donors (Lipinski definition) is 6. The second-order valence-electron chi connectivity index (χ2n) is 20.6. The van der Waals surface area contributed by atoms with Crippen LogP contribution in [0.15, 0.2) is 54.7 Å². The zero-order valence-electron chi connectivity index (χ0n) is 44.7. The molecule has 3 aliphatic heterocycles. The Morgan fingerprint density at radius 3 is 2.49 bits per heavy atom. The Morgan fingerprint density at radius 1 is 1.03 bits per heavy atom. The number of halogens is 1. The Morgan fingerprint density at radius 2 is 1.78 bits per heavy atom. The molecule has 7 N–H and O–H groups in total. The minimum absolute atomic E-state index is 0.00216. The van der Waals surface area contributed by atoms with E-state index >= 15 is 0 Å². The largest absolute Gasteiger partial charge is 0.381 e. The van der Waals surface area contributed by atoms with Crippen LogP contribution in [0.3, 0.4) is 0 Å². The van der Waals surface area contributed by atoms with Gasteiger partial charge >= 0.3 is 0 Å². The van der Waals surface area contributed by atoms with Crippen molar-refractivity contribution in [3.8, 4) is 17.3 Å². The molecule has 408 valence electrons. The highest BCUT2D eigenvalue weighted by atomic mass is 19.1. The van der Waals surface area contributed by atoms with E-state index in [2.05, 4.69) is 37.6 Å². The van der Waals surface area contributed by atoms with Gasteiger partial charge in [-0.05, 0) is 74.4 Å². The Hall–Kier alpha value is -7.06. The topological polar surface area (TPSA) is 267 Å². The van der Waals surface area contributed by atoms with Gasteiger partial charge in [0.1, 0.15) is 29.7 Å². The van der Waals surface area contributed by atoms with Crippen LogP contribution < -0.4 is 37.2 Å². The number of nitrogens with one attached hydrogen (secondary N) is 5. The summed E-state index contributed by atoms with van der Waals surface area (Å²) in [6, 6.07) is 13.1. The maximum absolute atomic E-state index is 14.7. The molecule has 4 aromatic rings. The maximum atomic E-state index is 14.7. The number of ether oxygens (including phenoxy) is 2. The molecule has 21 nitrogen and oxygen atoms in total. The number of likely N-dealkylation sites (tertiary alicyclic amines) is 1. The van der Waals surface area contributed by atoms with Crippen LogP contribution in [0.4, 0.5) is 16.0 Å². The summed E-state index contributed by atoms with van der Waals surface area (Å²) < 4.78 is 27.7. The van der Waals surface area contributed by atoms with Crippen LogP contribution in [-0.2, 0) is 41.7 Å². The second kappa shape index (κ2) is 25.7. The summed E-state index contributed by atoms with van der Waals surface area (Å²) in [7, 11) is 3.30. The van der Waals surface area contributed by atoms with Gasteiger partial charge in [-0.15, -0.1) is 0 Å². The van der Waals surface area contributed by atoms with E-state index in [-0.39, 0.29) is 112 Å². The molecule has 0 radical (unpaired) electrons. The Balaban J connectivity index is 0.882. The Kier molecular flexibility index (Phi) is 19.1. The number of carbonyl (C=O) groups is 5. The molecule has 0 aliphatic carbocycles. The fourth-order valence-electron chi connectivity index (χ4n) is 10.0. The van der Waals surface area contributed by atoms with E-state index in [1.54, 1.807) is 25.9 Å². The molecule has 3 aliphatic rings. The van der Waals surface area contributed by atoms with Crippen LogP contribution in [0.25, 0.3) is 11.3 Å². The number of rotatable bonds is 21. The summed E-state index contributed by atoms with van der Waals surface area (Å²) >= 11 is 0. The zero-order valence-corrected chi connectivity index (χ0v) is 44.7. The molecule has 22 heteroatoms. The lowest BCUT2D eigenvalue weighted by Gasteiger charge is -2.36. The van der Waals surface area contributed by atoms with Crippen LogP contribution in [0, 0.1) is 22.6 Å². The van der Waals surface area contributed by atoms with Gasteiger partial charge in [-0.25, -0.2) is 14.4 Å². The molecule has 2 saturated heterocycles. The Bertz CT molecular complexity index is 2750. The first kappa shape index (κ1) is 56.7. The first-order chi connectivity index (χ1) is 36.4. The number of nitrogens with two attached hydrogens (primary N) is 1. The van der Waals surface area contributed by atoms with E-state index < -0.39 is 29.4 Å². The van der Waals surface area contributed by atoms with E-state index in [1.165, 1.54) is 34.0 Å². The molecule has 76 heavy (non-hydrogen) atoms. The summed E-state index contributed by atoms with van der Waals surface area (Å²) in [5, 5.41) is 30.6. The van der Waals surface area contributed by atoms with Crippen molar-refractivity contribution < 1.29 is 37.8 Å². The van der Waals surface area contributed by atoms with Crippen molar-refractivity contribution in [1.82, 2.24) is 56.1 Å². The molecule has 1 unspecified atom stereocenters. The highest BCUT2D eigenvalue weighted by molar-refractivity contribution is 5.96. The van der Waals surface area contributed by atoms with E-state index in [1.807, 2.05) is 62.9 Å². The normalized spacial score (nSPS) is 18.5. The van der Waals surface area contributed by atoms with Crippen molar-refractivity contribution in [1.29, 1.82) is 5.26 Å². The van der Waals surface area contributed by atoms with Crippen LogP contribution in [0.5, 0.6) is 0 Å². The molecule has 2 aromatic heterocycles. The number of hydrogen-bond acceptors (Lipinski definition) is 15. The third kappa shape index (κ3) is 13.5. The third-order valence-corrected chi connectivity index (χ3v) is 14.2. The number of amides is 5. The molecule has 2 aromatic carbocycles. The fourth-order valence-corrected chi connectivity index (χ4v) is 10.0. The lowest BCUT2D eigenvalue weighted by Crippen LogP contribution is -2.59. The molecular formula is C54H73FN14O7. The summed E-state index contributed by atoms with van der Waals surface area (Å²) in [6.07, 6.45) is 3.98. The molecule has 2 bridgehead atoms. The smallest absolute Gasteiger partial charge is 0.254 e. The first-order valence-electron chi connectivity index (χ1n) is 26.2. The van der Waals surface area contributed by atoms with Crippen LogP contribution in [0.2, 0.25) is 0 Å². The summed E-state index contributed by atoms with van der Waals surface area (Å²) in [6.45, 7) is 11.9. The SMILES string of the molecule is CC[C@H](NC(=O)[C@H]1C[C@@H](NCCOCCOCCC(=O)NCCn2nc3c(c2C#N)-c2cnc(N)c(n2)N2CCC[C@@H]2c2cc(F)ccc2C(=O)N(C)C3)CN1C(=O)C(NC(=O)[C@@H](C)NC)C(C)(C)C)c1ccccc1. The second-order valence-corrected chi connectivity index (χ2v) is 20.6. The first-order valence-corrected chi connectivity index (χ1v) is 26.2. The van der Waals surface area contributed by atoms with E-state index in [0.717, 1.165) is 12.0 Å². The van der Waals surface area contributed by atoms with Crippen LogP contribution in [0.1, 0.15) is 112 Å². The average molecular weight is 1050 g/mol. The lowest BCUT2D eigenvalue weighted by atomic mass is 9.85. The molecule has 0 saturated carbocycles. The summed E-state index contributed by atoms with van der Waals surface area (Å²) in [5.41, 5.74) is 8.91. The Labute approximate surface area is 443 Å². The van der Waals surface area contributed by atoms with Gasteiger partial charge in [-0.3, -0.25) is 28.7 Å². The molecule has 5 heterocycles. The predicted molar refractivity (Wildman–Crippen MR) is 283 cm³/mol. The summed E-state index contributed by atoms with van der Waals surface area (Å²) in [4.78, 5) is 82.7. The van der Waals surface area contributed by atoms with Gasteiger partial charge in [0.05, 0.1) is 80.8 Å². The van der Waals surface area contributed by atoms with Gasteiger partial charge < -0.3 is 56.5 Å². The quantitative estimate of drug-likeness (QED) is 0.0654. The third-order valence-electron chi connectivity index (χ3n) is 14.2. The minimum Gasteiger partial charge on any atom is -0.381 e. The average Bonchev–Trinajstić information content (AvgIpc) is 4.16. The summed E-state index contributed by atoms with van der Waals surface area (Å²) in [5.74, 6) is -1.42. The van der Waals surface area contributed by atoms with Crippen molar-refractivity contribution in [2.45, 2.75) is 116 Å². The highest BCUT2D eigenvalue weighted by Crippen LogP contribution is 2.41. The van der Waals surface area contributed by atoms with E-state index in [9.17, 15) is 33.6 Å². The number of carbonyl (C=O) groups excluding carboxylic acids is 5. The monoisotopic (exact) mass is 1050 g/mol. The van der Waals surface area contributed by atoms with Crippen molar-refractivity contribution in [3.05, 3.63) is 88.6 Å². The van der Waals surface area contributed by atoms with Crippen LogP contribution in [-0.4, -0.2) is 150 Å². The van der Waals surface area contributed by atoms with Gasteiger partial charge in [-0.2, -0.15) is 10.4 Å². The van der Waals surface area contributed by atoms with Gasteiger partial charge in [0.2, 0.25) is 23.6 Å². The lowest BCUT2D eigenvalue weighted by molar-refractivity contribution is -0.144. The minimum atomic E-state index is -0.876. The molecule has 0 spiro atoms. The molecule has 6 atom stereocenters. The number of anilines is 2.